The van der Waals surface area contributed by atoms with Gasteiger partial charge < -0.3 is 0 Å². The summed E-state index contributed by atoms with van der Waals surface area (Å²) in [6.07, 6.45) is 4.56. The van der Waals surface area contributed by atoms with E-state index in [1.165, 1.54) is 19.1 Å². The van der Waals surface area contributed by atoms with Gasteiger partial charge in [0.1, 0.15) is 5.25 Å². The van der Waals surface area contributed by atoms with Crippen molar-refractivity contribution in [1.82, 2.24) is 0 Å². The maximum Gasteiger partial charge on any atom is 0.188 e. The fourth-order valence-corrected chi connectivity index (χ4v) is 2.99. The summed E-state index contributed by atoms with van der Waals surface area (Å²) < 4.78 is 24.3. The molecule has 0 aliphatic rings. The standard InChI is InChI=1S/C14H18O3S/c1-3-4-6-11-14(15)12(2)18(16,17)13-9-7-5-8-10-13/h3-5,7-10,12H,6,11H2,1-2H3/b4-3+. The highest BCUT2D eigenvalue weighted by Crippen LogP contribution is 2.17. The predicted molar refractivity (Wildman–Crippen MR) is 72.1 cm³/mol. The summed E-state index contributed by atoms with van der Waals surface area (Å²) in [7, 11) is -3.55. The molecule has 1 rings (SSSR count). The van der Waals surface area contributed by atoms with E-state index in [-0.39, 0.29) is 17.1 Å². The molecule has 1 unspecified atom stereocenters. The van der Waals surface area contributed by atoms with Crippen molar-refractivity contribution in [2.75, 3.05) is 0 Å². The molecule has 0 saturated carbocycles. The monoisotopic (exact) mass is 266 g/mol. The Balaban J connectivity index is 2.83. The van der Waals surface area contributed by atoms with E-state index in [1.807, 2.05) is 19.1 Å². The lowest BCUT2D eigenvalue weighted by atomic mass is 10.2. The van der Waals surface area contributed by atoms with Crippen LogP contribution in [-0.4, -0.2) is 19.5 Å². The number of Topliss-reactive ketones (excluding diaryl/α,β-unsaturated/α-hetero) is 1. The normalized spacial score (nSPS) is 13.7. The number of benzene rings is 1. The Morgan fingerprint density at radius 3 is 2.44 bits per heavy atom. The van der Waals surface area contributed by atoms with Crippen molar-refractivity contribution in [1.29, 1.82) is 0 Å². The number of sulfone groups is 1. The highest BCUT2D eigenvalue weighted by Gasteiger charge is 2.28. The smallest absolute Gasteiger partial charge is 0.188 e. The molecular formula is C14H18O3S. The molecule has 4 heteroatoms. The number of hydrogen-bond donors (Lipinski definition) is 0. The first-order valence-corrected chi connectivity index (χ1v) is 7.47. The second-order valence-electron chi connectivity index (χ2n) is 4.07. The Hall–Kier alpha value is -1.42. The van der Waals surface area contributed by atoms with Crippen LogP contribution in [0, 0.1) is 0 Å². The Labute approximate surface area is 108 Å². The summed E-state index contributed by atoms with van der Waals surface area (Å²) in [5, 5.41) is -0.981. The first-order chi connectivity index (χ1) is 8.50. The van der Waals surface area contributed by atoms with Gasteiger partial charge in [0, 0.05) is 6.42 Å². The number of allylic oxidation sites excluding steroid dienone is 2. The van der Waals surface area contributed by atoms with E-state index in [9.17, 15) is 13.2 Å². The number of carbonyl (C=O) groups is 1. The van der Waals surface area contributed by atoms with Crippen molar-refractivity contribution in [3.05, 3.63) is 42.5 Å². The number of hydrogen-bond acceptors (Lipinski definition) is 3. The summed E-state index contributed by atoms with van der Waals surface area (Å²) in [5.74, 6) is -0.239. The van der Waals surface area contributed by atoms with Crippen molar-refractivity contribution >= 4 is 15.6 Å². The lowest BCUT2D eigenvalue weighted by Gasteiger charge is -2.11. The van der Waals surface area contributed by atoms with Crippen LogP contribution in [0.25, 0.3) is 0 Å². The van der Waals surface area contributed by atoms with E-state index < -0.39 is 15.1 Å². The fourth-order valence-electron chi connectivity index (χ4n) is 1.58. The molecule has 0 amide bonds. The molecule has 3 nitrogen and oxygen atoms in total. The molecule has 0 aromatic heterocycles. The molecule has 0 saturated heterocycles. The van der Waals surface area contributed by atoms with Gasteiger partial charge in [0.25, 0.3) is 0 Å². The molecule has 0 aliphatic heterocycles. The van der Waals surface area contributed by atoms with Gasteiger partial charge >= 0.3 is 0 Å². The van der Waals surface area contributed by atoms with Crippen molar-refractivity contribution in [3.63, 3.8) is 0 Å². The summed E-state index contributed by atoms with van der Waals surface area (Å²) in [4.78, 5) is 12.0. The maximum absolute atomic E-state index is 12.2. The second kappa shape index (κ2) is 6.50. The third-order valence-electron chi connectivity index (χ3n) is 2.78. The predicted octanol–water partition coefficient (Wildman–Crippen LogP) is 2.77. The van der Waals surface area contributed by atoms with Gasteiger partial charge in [-0.3, -0.25) is 4.79 Å². The minimum Gasteiger partial charge on any atom is -0.298 e. The van der Waals surface area contributed by atoms with Crippen LogP contribution in [-0.2, 0) is 14.6 Å². The lowest BCUT2D eigenvalue weighted by Crippen LogP contribution is -2.27. The van der Waals surface area contributed by atoms with Crippen LogP contribution in [0.4, 0.5) is 0 Å². The van der Waals surface area contributed by atoms with Crippen LogP contribution in [0.1, 0.15) is 26.7 Å². The molecule has 0 N–H and O–H groups in total. The van der Waals surface area contributed by atoms with Crippen molar-refractivity contribution in [2.24, 2.45) is 0 Å². The van der Waals surface area contributed by atoms with Gasteiger partial charge in [0.2, 0.25) is 0 Å². The molecule has 1 aromatic rings. The van der Waals surface area contributed by atoms with Gasteiger partial charge in [0.05, 0.1) is 4.90 Å². The molecule has 0 spiro atoms. The van der Waals surface area contributed by atoms with E-state index in [4.69, 9.17) is 0 Å². The van der Waals surface area contributed by atoms with Gasteiger partial charge in [-0.2, -0.15) is 0 Å². The first-order valence-electron chi connectivity index (χ1n) is 5.93. The zero-order valence-corrected chi connectivity index (χ0v) is 11.5. The summed E-state index contributed by atoms with van der Waals surface area (Å²) in [5.41, 5.74) is 0. The largest absolute Gasteiger partial charge is 0.298 e. The lowest BCUT2D eigenvalue weighted by molar-refractivity contribution is -0.118. The van der Waals surface area contributed by atoms with Crippen LogP contribution in [0.3, 0.4) is 0 Å². The number of rotatable bonds is 6. The van der Waals surface area contributed by atoms with E-state index in [2.05, 4.69) is 0 Å². The van der Waals surface area contributed by atoms with Crippen LogP contribution in [0.15, 0.2) is 47.4 Å². The molecule has 0 radical (unpaired) electrons. The molecule has 98 valence electrons. The van der Waals surface area contributed by atoms with Gasteiger partial charge in [-0.05, 0) is 32.4 Å². The Morgan fingerprint density at radius 2 is 1.89 bits per heavy atom. The topological polar surface area (TPSA) is 51.2 Å². The summed E-state index contributed by atoms with van der Waals surface area (Å²) >= 11 is 0. The van der Waals surface area contributed by atoms with E-state index >= 15 is 0 Å². The Morgan fingerprint density at radius 1 is 1.28 bits per heavy atom. The van der Waals surface area contributed by atoms with E-state index in [0.717, 1.165) is 0 Å². The van der Waals surface area contributed by atoms with Crippen molar-refractivity contribution in [2.45, 2.75) is 36.8 Å². The molecule has 0 bridgehead atoms. The van der Waals surface area contributed by atoms with Gasteiger partial charge in [0.15, 0.2) is 15.6 Å². The summed E-state index contributed by atoms with van der Waals surface area (Å²) in [6.45, 7) is 3.33. The summed E-state index contributed by atoms with van der Waals surface area (Å²) in [6, 6.07) is 8.10. The third-order valence-corrected chi connectivity index (χ3v) is 4.91. The molecule has 1 aromatic carbocycles. The Kier molecular flexibility index (Phi) is 5.28. The fraction of sp³-hybridized carbons (Fsp3) is 0.357. The van der Waals surface area contributed by atoms with Crippen LogP contribution >= 0.6 is 0 Å². The quantitative estimate of drug-likeness (QED) is 0.744. The third kappa shape index (κ3) is 3.53. The van der Waals surface area contributed by atoms with Crippen LogP contribution in [0.2, 0.25) is 0 Å². The zero-order valence-electron chi connectivity index (χ0n) is 10.7. The van der Waals surface area contributed by atoms with Gasteiger partial charge in [-0.25, -0.2) is 8.42 Å². The van der Waals surface area contributed by atoms with Crippen molar-refractivity contribution < 1.29 is 13.2 Å². The maximum atomic E-state index is 12.2. The SMILES string of the molecule is C/C=C/CCC(=O)C(C)S(=O)(=O)c1ccccc1. The minimum atomic E-state index is -3.55. The molecule has 18 heavy (non-hydrogen) atoms. The van der Waals surface area contributed by atoms with E-state index in [1.54, 1.807) is 18.2 Å². The molecular weight excluding hydrogens is 248 g/mol. The average Bonchev–Trinajstić information content (AvgIpc) is 2.39. The van der Waals surface area contributed by atoms with Gasteiger partial charge in [-0.15, -0.1) is 0 Å². The van der Waals surface area contributed by atoms with Crippen LogP contribution in [0.5, 0.6) is 0 Å². The number of ketones is 1. The average molecular weight is 266 g/mol. The molecule has 0 heterocycles. The van der Waals surface area contributed by atoms with Crippen LogP contribution < -0.4 is 0 Å². The van der Waals surface area contributed by atoms with E-state index in [0.29, 0.717) is 6.42 Å². The van der Waals surface area contributed by atoms with Gasteiger partial charge in [-0.1, -0.05) is 30.4 Å². The highest BCUT2D eigenvalue weighted by atomic mass is 32.2. The second-order valence-corrected chi connectivity index (χ2v) is 6.34. The van der Waals surface area contributed by atoms with Crippen molar-refractivity contribution in [3.8, 4) is 0 Å². The minimum absolute atomic E-state index is 0.205. The zero-order chi connectivity index (χ0) is 13.6. The highest BCUT2D eigenvalue weighted by molar-refractivity contribution is 7.92. The molecule has 0 fully saturated rings. The molecule has 1 atom stereocenters. The Bertz CT molecular complexity index is 515. The molecule has 0 aliphatic carbocycles. The first kappa shape index (κ1) is 14.6. The number of carbonyl (C=O) groups excluding carboxylic acids is 1.